The summed E-state index contributed by atoms with van der Waals surface area (Å²) in [5.41, 5.74) is 2.57. The molecule has 3 heterocycles. The average molecular weight is 501 g/mol. The Bertz CT molecular complexity index is 1090. The molecule has 9 heteroatoms. The van der Waals surface area contributed by atoms with Crippen molar-refractivity contribution in [1.82, 2.24) is 19.6 Å². The number of halogens is 1. The van der Waals surface area contributed by atoms with Gasteiger partial charge in [-0.25, -0.2) is 0 Å². The minimum Gasteiger partial charge on any atom is -0.490 e. The highest BCUT2D eigenvalue weighted by Crippen LogP contribution is 2.28. The number of hydrogen-bond acceptors (Lipinski definition) is 5. The lowest BCUT2D eigenvalue weighted by Gasteiger charge is -2.35. The van der Waals surface area contributed by atoms with E-state index in [1.54, 1.807) is 4.68 Å². The predicted octanol–water partition coefficient (Wildman–Crippen LogP) is 3.34. The van der Waals surface area contributed by atoms with Crippen LogP contribution in [0.5, 0.6) is 5.75 Å². The van der Waals surface area contributed by atoms with Crippen molar-refractivity contribution in [3.05, 3.63) is 46.2 Å². The van der Waals surface area contributed by atoms with Crippen LogP contribution in [0.1, 0.15) is 54.9 Å². The lowest BCUT2D eigenvalue weighted by atomic mass is 10.1. The molecule has 0 radical (unpaired) electrons. The number of benzene rings is 1. The van der Waals surface area contributed by atoms with Crippen LogP contribution in [0.15, 0.2) is 24.3 Å². The van der Waals surface area contributed by atoms with E-state index >= 15 is 0 Å². The van der Waals surface area contributed by atoms with E-state index in [1.807, 2.05) is 47.9 Å². The Labute approximate surface area is 211 Å². The van der Waals surface area contributed by atoms with E-state index in [0.717, 1.165) is 49.1 Å². The second-order valence-electron chi connectivity index (χ2n) is 9.91. The molecule has 1 aromatic carbocycles. The Hall–Kier alpha value is -2.58. The van der Waals surface area contributed by atoms with E-state index in [4.69, 9.17) is 21.1 Å². The zero-order chi connectivity index (χ0) is 24.5. The fourth-order valence-corrected chi connectivity index (χ4v) is 5.67. The maximum Gasteiger partial charge on any atom is 0.274 e. The van der Waals surface area contributed by atoms with Crippen LogP contribution >= 0.6 is 11.6 Å². The molecule has 0 N–H and O–H groups in total. The first-order chi connectivity index (χ1) is 16.9. The summed E-state index contributed by atoms with van der Waals surface area (Å²) in [4.78, 5) is 30.2. The first-order valence-electron chi connectivity index (χ1n) is 12.6. The zero-order valence-corrected chi connectivity index (χ0v) is 21.2. The summed E-state index contributed by atoms with van der Waals surface area (Å²) in [6.45, 7) is 6.56. The second-order valence-corrected chi connectivity index (χ2v) is 10.3. The number of hydrogen-bond donors (Lipinski definition) is 0. The van der Waals surface area contributed by atoms with Crippen LogP contribution < -0.4 is 4.74 Å². The van der Waals surface area contributed by atoms with Gasteiger partial charge in [-0.15, -0.1) is 0 Å². The Morgan fingerprint density at radius 3 is 2.57 bits per heavy atom. The maximum atomic E-state index is 13.3. The fraction of sp³-hybridized carbons (Fsp3) is 0.577. The van der Waals surface area contributed by atoms with Crippen molar-refractivity contribution in [2.24, 2.45) is 0 Å². The van der Waals surface area contributed by atoms with Gasteiger partial charge in [0.2, 0.25) is 5.91 Å². The predicted molar refractivity (Wildman–Crippen MR) is 132 cm³/mol. The Kier molecular flexibility index (Phi) is 7.02. The quantitative estimate of drug-likeness (QED) is 0.629. The van der Waals surface area contributed by atoms with Gasteiger partial charge in [0.1, 0.15) is 18.4 Å². The molecule has 2 amide bonds. The first-order valence-corrected chi connectivity index (χ1v) is 13.0. The van der Waals surface area contributed by atoms with Gasteiger partial charge < -0.3 is 19.3 Å². The number of likely N-dealkylation sites (tertiary alicyclic amines) is 1. The van der Waals surface area contributed by atoms with E-state index in [9.17, 15) is 9.59 Å². The summed E-state index contributed by atoms with van der Waals surface area (Å²) in [5, 5.41) is 5.32. The molecule has 8 nitrogen and oxygen atoms in total. The third-order valence-corrected chi connectivity index (χ3v) is 7.33. The molecule has 35 heavy (non-hydrogen) atoms. The normalized spacial score (nSPS) is 22.8. The number of rotatable bonds is 5. The SMILES string of the molecule is C[C@@H]1CN(C(=O)c2nn(CC(=O)N3CCC(Oc4cccc(Cl)c4)CC3)c3c2CCC3)C[C@H](C)O1. The molecule has 5 rings (SSSR count). The number of aromatic nitrogens is 2. The summed E-state index contributed by atoms with van der Waals surface area (Å²) in [5.74, 6) is 0.752. The molecule has 2 atom stereocenters. The van der Waals surface area contributed by atoms with Crippen molar-refractivity contribution in [2.75, 3.05) is 26.2 Å². The molecule has 2 aliphatic heterocycles. The van der Waals surface area contributed by atoms with Gasteiger partial charge in [0.25, 0.3) is 5.91 Å². The summed E-state index contributed by atoms with van der Waals surface area (Å²) < 4.78 is 13.6. The molecule has 1 aliphatic carbocycles. The van der Waals surface area contributed by atoms with Gasteiger partial charge in [-0.1, -0.05) is 17.7 Å². The molecule has 2 aromatic rings. The second kappa shape index (κ2) is 10.2. The van der Waals surface area contributed by atoms with Gasteiger partial charge in [-0.2, -0.15) is 5.10 Å². The largest absolute Gasteiger partial charge is 0.490 e. The summed E-state index contributed by atoms with van der Waals surface area (Å²) in [7, 11) is 0. The maximum absolute atomic E-state index is 13.3. The number of carbonyl (C=O) groups excluding carboxylic acids is 2. The third kappa shape index (κ3) is 5.33. The molecule has 3 aliphatic rings. The molecule has 2 fully saturated rings. The first kappa shape index (κ1) is 24.1. The van der Waals surface area contributed by atoms with Gasteiger partial charge in [-0.3, -0.25) is 14.3 Å². The van der Waals surface area contributed by atoms with E-state index in [2.05, 4.69) is 5.10 Å². The van der Waals surface area contributed by atoms with E-state index in [-0.39, 0.29) is 36.7 Å². The molecular formula is C26H33ClN4O4. The van der Waals surface area contributed by atoms with Gasteiger partial charge in [-0.05, 0) is 51.3 Å². The third-order valence-electron chi connectivity index (χ3n) is 7.09. The van der Waals surface area contributed by atoms with Crippen molar-refractivity contribution in [1.29, 1.82) is 0 Å². The lowest BCUT2D eigenvalue weighted by Crippen LogP contribution is -2.48. The highest BCUT2D eigenvalue weighted by atomic mass is 35.5. The van der Waals surface area contributed by atoms with Crippen LogP contribution in [-0.2, 0) is 28.9 Å². The monoisotopic (exact) mass is 500 g/mol. The van der Waals surface area contributed by atoms with Gasteiger partial charge >= 0.3 is 0 Å². The molecule has 1 aromatic heterocycles. The van der Waals surface area contributed by atoms with Crippen LogP contribution in [0.2, 0.25) is 5.02 Å². The summed E-state index contributed by atoms with van der Waals surface area (Å²) in [6.07, 6.45) is 4.30. The van der Waals surface area contributed by atoms with Crippen LogP contribution in [0.3, 0.4) is 0 Å². The molecule has 0 saturated carbocycles. The summed E-state index contributed by atoms with van der Waals surface area (Å²) in [6, 6.07) is 7.41. The van der Waals surface area contributed by atoms with Crippen molar-refractivity contribution >= 4 is 23.4 Å². The van der Waals surface area contributed by atoms with Crippen molar-refractivity contribution < 1.29 is 19.1 Å². The number of carbonyl (C=O) groups is 2. The van der Waals surface area contributed by atoms with E-state index < -0.39 is 0 Å². The van der Waals surface area contributed by atoms with Crippen molar-refractivity contribution in [3.8, 4) is 5.75 Å². The molecule has 0 spiro atoms. The van der Waals surface area contributed by atoms with Gasteiger partial charge in [0.05, 0.1) is 12.2 Å². The van der Waals surface area contributed by atoms with Gasteiger partial charge in [0, 0.05) is 55.3 Å². The van der Waals surface area contributed by atoms with Crippen LogP contribution in [0.25, 0.3) is 0 Å². The average Bonchev–Trinajstić information content (AvgIpc) is 3.42. The van der Waals surface area contributed by atoms with Crippen LogP contribution in [0.4, 0.5) is 0 Å². The highest BCUT2D eigenvalue weighted by molar-refractivity contribution is 6.30. The Balaban J connectivity index is 1.21. The molecule has 188 valence electrons. The van der Waals surface area contributed by atoms with E-state index in [1.165, 1.54) is 0 Å². The minimum absolute atomic E-state index is 0.00481. The van der Waals surface area contributed by atoms with Crippen LogP contribution in [-0.4, -0.2) is 75.9 Å². The van der Waals surface area contributed by atoms with Crippen LogP contribution in [0, 0.1) is 0 Å². The number of nitrogens with zero attached hydrogens (tertiary/aromatic N) is 4. The Morgan fingerprint density at radius 2 is 1.86 bits per heavy atom. The summed E-state index contributed by atoms with van der Waals surface area (Å²) >= 11 is 6.05. The highest BCUT2D eigenvalue weighted by Gasteiger charge is 2.33. The zero-order valence-electron chi connectivity index (χ0n) is 20.4. The fourth-order valence-electron chi connectivity index (χ4n) is 5.49. The number of piperidine rings is 1. The van der Waals surface area contributed by atoms with Crippen molar-refractivity contribution in [3.63, 3.8) is 0 Å². The topological polar surface area (TPSA) is 76.9 Å². The molecule has 2 saturated heterocycles. The van der Waals surface area contributed by atoms with Crippen molar-refractivity contribution in [2.45, 2.75) is 70.8 Å². The minimum atomic E-state index is -0.0460. The molecular weight excluding hydrogens is 468 g/mol. The van der Waals surface area contributed by atoms with Gasteiger partial charge in [0.15, 0.2) is 5.69 Å². The number of ether oxygens (including phenoxy) is 2. The Morgan fingerprint density at radius 1 is 1.11 bits per heavy atom. The number of morpholine rings is 1. The number of fused-ring (bicyclic) bond motifs is 1. The lowest BCUT2D eigenvalue weighted by molar-refractivity contribution is -0.133. The number of amides is 2. The smallest absolute Gasteiger partial charge is 0.274 e. The van der Waals surface area contributed by atoms with E-state index in [0.29, 0.717) is 36.9 Å². The molecule has 0 unspecified atom stereocenters. The standard InChI is InChI=1S/C26H33ClN4O4/c1-17-14-30(15-18(2)34-17)26(33)25-22-7-4-8-23(22)31(28-25)16-24(32)29-11-9-20(10-12-29)35-21-6-3-5-19(27)13-21/h3,5-6,13,17-18,20H,4,7-12,14-16H2,1-2H3/t17-,18+. The molecule has 0 bridgehead atoms.